The van der Waals surface area contributed by atoms with E-state index >= 15 is 0 Å². The van der Waals surface area contributed by atoms with Crippen molar-refractivity contribution in [3.8, 4) is 0 Å². The predicted molar refractivity (Wildman–Crippen MR) is 61.0 cm³/mol. The van der Waals surface area contributed by atoms with Gasteiger partial charge in [-0.25, -0.2) is 0 Å². The number of β-amino-alcohol motifs (C(OH)–C–C–N with tert-alkyl or cyclic N) is 1. The Hall–Kier alpha value is -0.650. The van der Waals surface area contributed by atoms with Crippen molar-refractivity contribution in [2.75, 3.05) is 27.2 Å². The lowest BCUT2D eigenvalue weighted by Crippen LogP contribution is -2.48. The fraction of sp³-hybridized carbons (Fsp3) is 0.900. The fourth-order valence-corrected chi connectivity index (χ4v) is 2.17. The molecule has 0 aromatic heterocycles. The highest BCUT2D eigenvalue weighted by atomic mass is 16.3. The third-order valence-corrected chi connectivity index (χ3v) is 2.96. The van der Waals surface area contributed by atoms with Gasteiger partial charge in [0.1, 0.15) is 5.84 Å². The molecule has 3 unspecified atom stereocenters. The third-order valence-electron chi connectivity index (χ3n) is 2.96. The summed E-state index contributed by atoms with van der Waals surface area (Å²) >= 11 is 0. The highest BCUT2D eigenvalue weighted by molar-refractivity contribution is 5.82. The minimum atomic E-state index is -0.281. The zero-order chi connectivity index (χ0) is 11.6. The average Bonchev–Trinajstić information content (AvgIpc) is 2.44. The monoisotopic (exact) mass is 214 g/mol. The van der Waals surface area contributed by atoms with Crippen LogP contribution in [-0.2, 0) is 0 Å². The molecule has 0 spiro atoms. The summed E-state index contributed by atoms with van der Waals surface area (Å²) in [7, 11) is 4.03. The Balaban J connectivity index is 2.64. The third kappa shape index (κ3) is 3.15. The van der Waals surface area contributed by atoms with Gasteiger partial charge in [-0.1, -0.05) is 0 Å². The van der Waals surface area contributed by atoms with Crippen molar-refractivity contribution >= 4 is 5.84 Å². The normalized spacial score (nSPS) is 29.7. The van der Waals surface area contributed by atoms with E-state index in [1.165, 1.54) is 0 Å². The van der Waals surface area contributed by atoms with Crippen molar-refractivity contribution in [1.82, 2.24) is 9.80 Å². The number of nitrogens with zero attached hydrogens (tertiary/aromatic N) is 2. The molecule has 1 rings (SSSR count). The molecular formula is C10H22N4O. The van der Waals surface area contributed by atoms with E-state index in [9.17, 15) is 5.11 Å². The summed E-state index contributed by atoms with van der Waals surface area (Å²) in [6.45, 7) is 3.44. The van der Waals surface area contributed by atoms with E-state index in [-0.39, 0.29) is 18.0 Å². The van der Waals surface area contributed by atoms with Crippen LogP contribution in [0.3, 0.4) is 0 Å². The first-order valence-electron chi connectivity index (χ1n) is 5.34. The molecule has 1 fully saturated rings. The lowest BCUT2D eigenvalue weighted by Gasteiger charge is -2.31. The van der Waals surface area contributed by atoms with Crippen LogP contribution < -0.4 is 5.73 Å². The molecule has 0 saturated carbocycles. The highest BCUT2D eigenvalue weighted by Gasteiger charge is 2.34. The number of hydrogen-bond acceptors (Lipinski definition) is 4. The Bertz CT molecular complexity index is 231. The predicted octanol–water partition coefficient (Wildman–Crippen LogP) is -0.692. The van der Waals surface area contributed by atoms with E-state index in [1.807, 2.05) is 21.0 Å². The van der Waals surface area contributed by atoms with Gasteiger partial charge in [-0.2, -0.15) is 0 Å². The van der Waals surface area contributed by atoms with E-state index < -0.39 is 0 Å². The van der Waals surface area contributed by atoms with E-state index in [0.29, 0.717) is 12.6 Å². The van der Waals surface area contributed by atoms with Crippen molar-refractivity contribution in [2.24, 2.45) is 5.73 Å². The summed E-state index contributed by atoms with van der Waals surface area (Å²) in [6.07, 6.45) is 0.493. The maximum atomic E-state index is 9.64. The molecule has 1 heterocycles. The number of aliphatic hydroxyl groups is 1. The van der Waals surface area contributed by atoms with E-state index in [0.717, 1.165) is 13.0 Å². The molecule has 0 radical (unpaired) electrons. The van der Waals surface area contributed by atoms with Crippen LogP contribution in [0.4, 0.5) is 0 Å². The van der Waals surface area contributed by atoms with Crippen LogP contribution in [-0.4, -0.2) is 66.1 Å². The first-order valence-corrected chi connectivity index (χ1v) is 5.34. The van der Waals surface area contributed by atoms with Crippen molar-refractivity contribution in [3.05, 3.63) is 0 Å². The van der Waals surface area contributed by atoms with E-state index in [2.05, 4.69) is 9.80 Å². The van der Waals surface area contributed by atoms with Crippen LogP contribution in [0.2, 0.25) is 0 Å². The van der Waals surface area contributed by atoms with Gasteiger partial charge < -0.3 is 15.7 Å². The second-order valence-corrected chi connectivity index (χ2v) is 4.63. The molecule has 4 N–H and O–H groups in total. The average molecular weight is 214 g/mol. The van der Waals surface area contributed by atoms with Gasteiger partial charge >= 0.3 is 0 Å². The topological polar surface area (TPSA) is 76.6 Å². The Kier molecular flexibility index (Phi) is 4.07. The molecule has 88 valence electrons. The van der Waals surface area contributed by atoms with Gasteiger partial charge in [-0.15, -0.1) is 0 Å². The molecule has 5 heteroatoms. The zero-order valence-corrected chi connectivity index (χ0v) is 9.77. The molecule has 0 bridgehead atoms. The lowest BCUT2D eigenvalue weighted by atomic mass is 10.1. The number of amidine groups is 1. The molecule has 0 amide bonds. The molecule has 5 nitrogen and oxygen atoms in total. The zero-order valence-electron chi connectivity index (χ0n) is 9.77. The van der Waals surface area contributed by atoms with Crippen LogP contribution in [0.15, 0.2) is 0 Å². The van der Waals surface area contributed by atoms with Gasteiger partial charge in [0, 0.05) is 19.1 Å². The molecule has 0 aromatic carbocycles. The van der Waals surface area contributed by atoms with Crippen LogP contribution in [0.25, 0.3) is 0 Å². The molecule has 0 aromatic rings. The van der Waals surface area contributed by atoms with Gasteiger partial charge in [0.2, 0.25) is 0 Å². The summed E-state index contributed by atoms with van der Waals surface area (Å²) in [4.78, 5) is 4.22. The van der Waals surface area contributed by atoms with E-state index in [1.54, 1.807) is 0 Å². The van der Waals surface area contributed by atoms with Crippen molar-refractivity contribution in [1.29, 1.82) is 5.41 Å². The number of hydrogen-bond donors (Lipinski definition) is 3. The largest absolute Gasteiger partial charge is 0.392 e. The molecular weight excluding hydrogens is 192 g/mol. The summed E-state index contributed by atoms with van der Waals surface area (Å²) in [5.74, 6) is 0.174. The maximum absolute atomic E-state index is 9.64. The van der Waals surface area contributed by atoms with Crippen LogP contribution in [0.5, 0.6) is 0 Å². The maximum Gasteiger partial charge on any atom is 0.108 e. The number of nitrogens with two attached hydrogens (primary N) is 1. The standard InChI is InChI=1S/C10H22N4O/c1-7(10(11)12)14-6-9(15)4-8(14)5-13(2)3/h7-9,15H,4-6H2,1-3H3,(H3,11,12). The molecule has 1 saturated heterocycles. The number of likely N-dealkylation sites (N-methyl/N-ethyl adjacent to an activating group) is 1. The second-order valence-electron chi connectivity index (χ2n) is 4.63. The first-order chi connectivity index (χ1) is 6.91. The molecule has 1 aliphatic rings. The van der Waals surface area contributed by atoms with Crippen LogP contribution in [0, 0.1) is 5.41 Å². The van der Waals surface area contributed by atoms with Gasteiger partial charge in [0.05, 0.1) is 12.1 Å². The number of aliphatic hydroxyl groups excluding tert-OH is 1. The summed E-state index contributed by atoms with van der Waals surface area (Å²) in [5, 5.41) is 17.1. The molecule has 15 heavy (non-hydrogen) atoms. The fourth-order valence-electron chi connectivity index (χ4n) is 2.17. The minimum absolute atomic E-state index is 0.0768. The first kappa shape index (κ1) is 12.4. The Morgan fingerprint density at radius 3 is 2.73 bits per heavy atom. The Morgan fingerprint density at radius 2 is 2.27 bits per heavy atom. The van der Waals surface area contributed by atoms with Gasteiger partial charge in [0.15, 0.2) is 0 Å². The second kappa shape index (κ2) is 4.92. The van der Waals surface area contributed by atoms with Crippen molar-refractivity contribution < 1.29 is 5.11 Å². The van der Waals surface area contributed by atoms with Crippen LogP contribution >= 0.6 is 0 Å². The summed E-state index contributed by atoms with van der Waals surface area (Å²) in [6, 6.07) is 0.223. The lowest BCUT2D eigenvalue weighted by molar-refractivity contribution is 0.165. The molecule has 3 atom stereocenters. The Morgan fingerprint density at radius 1 is 1.67 bits per heavy atom. The minimum Gasteiger partial charge on any atom is -0.392 e. The van der Waals surface area contributed by atoms with Gasteiger partial charge in [-0.05, 0) is 27.4 Å². The highest BCUT2D eigenvalue weighted by Crippen LogP contribution is 2.20. The van der Waals surface area contributed by atoms with Gasteiger partial charge in [-0.3, -0.25) is 10.3 Å². The smallest absolute Gasteiger partial charge is 0.108 e. The van der Waals surface area contributed by atoms with Crippen LogP contribution in [0.1, 0.15) is 13.3 Å². The SMILES string of the molecule is CC(C(=N)N)N1CC(O)CC1CN(C)C. The molecule has 1 aliphatic heterocycles. The molecule has 0 aliphatic carbocycles. The quantitative estimate of drug-likeness (QED) is 0.427. The number of nitrogens with one attached hydrogen (secondary N) is 1. The van der Waals surface area contributed by atoms with E-state index in [4.69, 9.17) is 11.1 Å². The number of likely N-dealkylation sites (tertiary alicyclic amines) is 1. The summed E-state index contributed by atoms with van der Waals surface area (Å²) in [5.41, 5.74) is 5.50. The van der Waals surface area contributed by atoms with Crippen molar-refractivity contribution in [3.63, 3.8) is 0 Å². The van der Waals surface area contributed by atoms with Crippen molar-refractivity contribution in [2.45, 2.75) is 31.5 Å². The Labute approximate surface area is 91.4 Å². The summed E-state index contributed by atoms with van der Waals surface area (Å²) < 4.78 is 0. The number of rotatable bonds is 4. The van der Waals surface area contributed by atoms with Gasteiger partial charge in [0.25, 0.3) is 0 Å².